The van der Waals surface area contributed by atoms with Gasteiger partial charge in [-0.25, -0.2) is 13.2 Å². The van der Waals surface area contributed by atoms with Crippen LogP contribution in [0, 0.1) is 0 Å². The summed E-state index contributed by atoms with van der Waals surface area (Å²) in [6.45, 7) is 2.58. The third-order valence-corrected chi connectivity index (χ3v) is 5.20. The van der Waals surface area contributed by atoms with E-state index in [-0.39, 0.29) is 17.0 Å². The van der Waals surface area contributed by atoms with Crippen molar-refractivity contribution in [1.82, 2.24) is 0 Å². The van der Waals surface area contributed by atoms with Gasteiger partial charge in [0, 0.05) is 18.0 Å². The monoisotopic (exact) mass is 315 g/mol. The average molecular weight is 315 g/mol. The van der Waals surface area contributed by atoms with Gasteiger partial charge >= 0.3 is 5.97 Å². The normalized spacial score (nSPS) is 11.8. The molecule has 0 aliphatic carbocycles. The van der Waals surface area contributed by atoms with Crippen LogP contribution in [0.3, 0.4) is 0 Å². The molecule has 0 saturated carbocycles. The van der Waals surface area contributed by atoms with E-state index < -0.39 is 26.5 Å². The fourth-order valence-electron chi connectivity index (χ4n) is 1.40. The van der Waals surface area contributed by atoms with E-state index in [1.165, 1.54) is 39.2 Å². The number of aromatic carboxylic acids is 1. The van der Waals surface area contributed by atoms with E-state index in [2.05, 4.69) is 5.32 Å². The number of methoxy groups -OCH3 is 1. The van der Waals surface area contributed by atoms with Crippen LogP contribution in [0.2, 0.25) is 0 Å². The van der Waals surface area contributed by atoms with Gasteiger partial charge < -0.3 is 15.2 Å². The van der Waals surface area contributed by atoms with Gasteiger partial charge in [0.25, 0.3) is 0 Å². The Bertz CT molecular complexity index is 678. The quantitative estimate of drug-likeness (QED) is 0.843. The number of anilines is 1. The van der Waals surface area contributed by atoms with Gasteiger partial charge in [-0.15, -0.1) is 0 Å². The van der Waals surface area contributed by atoms with Crippen molar-refractivity contribution >= 4 is 27.4 Å². The molecule has 7 nitrogen and oxygen atoms in total. The highest BCUT2D eigenvalue weighted by atomic mass is 32.2. The molecule has 21 heavy (non-hydrogen) atoms. The highest BCUT2D eigenvalue weighted by molar-refractivity contribution is 7.92. The van der Waals surface area contributed by atoms with Gasteiger partial charge in [-0.1, -0.05) is 0 Å². The summed E-state index contributed by atoms with van der Waals surface area (Å²) in [5.41, 5.74) is 0.191. The van der Waals surface area contributed by atoms with Gasteiger partial charge in [-0.05, 0) is 26.0 Å². The summed E-state index contributed by atoms with van der Waals surface area (Å²) in [7, 11) is -2.30. The summed E-state index contributed by atoms with van der Waals surface area (Å²) in [6.07, 6.45) is 0.973. The van der Waals surface area contributed by atoms with Gasteiger partial charge in [0.1, 0.15) is 16.1 Å². The summed E-state index contributed by atoms with van der Waals surface area (Å²) in [5.74, 6) is -1.81. The van der Waals surface area contributed by atoms with Crippen LogP contribution in [0.5, 0.6) is 5.75 Å². The van der Waals surface area contributed by atoms with Crippen molar-refractivity contribution < 1.29 is 27.9 Å². The lowest BCUT2D eigenvalue weighted by atomic mass is 10.1. The first kappa shape index (κ1) is 17.0. The van der Waals surface area contributed by atoms with Gasteiger partial charge in [0.2, 0.25) is 5.91 Å². The number of carboxylic acids is 1. The van der Waals surface area contributed by atoms with Crippen molar-refractivity contribution in [3.63, 3.8) is 0 Å². The van der Waals surface area contributed by atoms with Gasteiger partial charge in [0.15, 0.2) is 9.84 Å². The van der Waals surface area contributed by atoms with E-state index in [4.69, 9.17) is 9.84 Å². The predicted molar refractivity (Wildman–Crippen MR) is 77.5 cm³/mol. The largest absolute Gasteiger partial charge is 0.496 e. The molecule has 8 heteroatoms. The minimum absolute atomic E-state index is 0.0575. The molecule has 0 bridgehead atoms. The second-order valence-corrected chi connectivity index (χ2v) is 7.52. The fourth-order valence-corrected chi connectivity index (χ4v) is 1.78. The maximum absolute atomic E-state index is 12.1. The zero-order valence-electron chi connectivity index (χ0n) is 12.1. The van der Waals surface area contributed by atoms with Crippen LogP contribution in [-0.2, 0) is 14.6 Å². The number of carboxylic acid groups (broad SMARTS) is 1. The number of hydrogen-bond acceptors (Lipinski definition) is 5. The van der Waals surface area contributed by atoms with Crippen molar-refractivity contribution in [1.29, 1.82) is 0 Å². The number of carbonyl (C=O) groups excluding carboxylic acids is 1. The Morgan fingerprint density at radius 2 is 1.86 bits per heavy atom. The van der Waals surface area contributed by atoms with Crippen LogP contribution in [0.25, 0.3) is 0 Å². The number of hydrogen-bond donors (Lipinski definition) is 2. The molecule has 1 aromatic rings. The Hall–Kier alpha value is -2.09. The first-order valence-electron chi connectivity index (χ1n) is 5.93. The van der Waals surface area contributed by atoms with Gasteiger partial charge in [-0.2, -0.15) is 0 Å². The molecule has 0 aromatic heterocycles. The van der Waals surface area contributed by atoms with E-state index >= 15 is 0 Å². The number of ether oxygens (including phenoxy) is 1. The molecule has 0 radical (unpaired) electrons. The van der Waals surface area contributed by atoms with Crippen molar-refractivity contribution in [3.05, 3.63) is 23.8 Å². The number of benzene rings is 1. The van der Waals surface area contributed by atoms with E-state index in [1.54, 1.807) is 0 Å². The van der Waals surface area contributed by atoms with Crippen molar-refractivity contribution in [2.75, 3.05) is 18.7 Å². The Kier molecular flexibility index (Phi) is 4.62. The number of nitrogens with one attached hydrogen (secondary N) is 1. The minimum Gasteiger partial charge on any atom is -0.496 e. The van der Waals surface area contributed by atoms with Crippen molar-refractivity contribution in [3.8, 4) is 5.75 Å². The number of amides is 1. The molecule has 116 valence electrons. The maximum Gasteiger partial charge on any atom is 0.339 e. The second kappa shape index (κ2) is 5.72. The third kappa shape index (κ3) is 3.52. The van der Waals surface area contributed by atoms with Crippen LogP contribution in [-0.4, -0.2) is 43.5 Å². The summed E-state index contributed by atoms with van der Waals surface area (Å²) in [5, 5.41) is 11.4. The van der Waals surface area contributed by atoms with E-state index in [0.29, 0.717) is 0 Å². The third-order valence-electron chi connectivity index (χ3n) is 3.16. The van der Waals surface area contributed by atoms with Crippen molar-refractivity contribution in [2.24, 2.45) is 0 Å². The Morgan fingerprint density at radius 1 is 1.29 bits per heavy atom. The standard InChI is InChI=1S/C13H17NO6S/c1-13(2,21(4,18)19)12(17)14-8-5-6-9(11(15)16)10(7-8)20-3/h5-7H,1-4H3,(H,14,17)(H,15,16). The first-order chi connectivity index (χ1) is 9.50. The highest BCUT2D eigenvalue weighted by Crippen LogP contribution is 2.25. The van der Waals surface area contributed by atoms with Crippen LogP contribution >= 0.6 is 0 Å². The van der Waals surface area contributed by atoms with E-state index in [0.717, 1.165) is 6.26 Å². The Balaban J connectivity index is 3.10. The predicted octanol–water partition coefficient (Wildman–Crippen LogP) is 1.16. The van der Waals surface area contributed by atoms with Gasteiger partial charge in [-0.3, -0.25) is 4.79 Å². The number of sulfone groups is 1. The van der Waals surface area contributed by atoms with E-state index in [9.17, 15) is 18.0 Å². The van der Waals surface area contributed by atoms with Crippen molar-refractivity contribution in [2.45, 2.75) is 18.6 Å². The zero-order valence-corrected chi connectivity index (χ0v) is 12.9. The molecule has 1 aromatic carbocycles. The molecule has 0 aliphatic heterocycles. The molecule has 0 spiro atoms. The molecule has 0 saturated heterocycles. The first-order valence-corrected chi connectivity index (χ1v) is 7.82. The second-order valence-electron chi connectivity index (χ2n) is 4.96. The topological polar surface area (TPSA) is 110 Å². The smallest absolute Gasteiger partial charge is 0.339 e. The highest BCUT2D eigenvalue weighted by Gasteiger charge is 2.38. The number of carbonyl (C=O) groups is 2. The van der Waals surface area contributed by atoms with Crippen LogP contribution in [0.1, 0.15) is 24.2 Å². The summed E-state index contributed by atoms with van der Waals surface area (Å²) in [6, 6.07) is 3.95. The van der Waals surface area contributed by atoms with E-state index in [1.807, 2.05) is 0 Å². The molecule has 0 heterocycles. The maximum atomic E-state index is 12.1. The average Bonchev–Trinajstić information content (AvgIpc) is 2.36. The fraction of sp³-hybridized carbons (Fsp3) is 0.385. The molecule has 0 atom stereocenters. The molecule has 1 rings (SSSR count). The summed E-state index contributed by atoms with van der Waals surface area (Å²) < 4.78 is 26.5. The van der Waals surface area contributed by atoms with Crippen LogP contribution < -0.4 is 10.1 Å². The lowest BCUT2D eigenvalue weighted by Crippen LogP contribution is -2.43. The SMILES string of the molecule is COc1cc(NC(=O)C(C)(C)S(C)(=O)=O)ccc1C(=O)O. The summed E-state index contributed by atoms with van der Waals surface area (Å²) in [4.78, 5) is 23.0. The molecule has 0 aliphatic rings. The number of rotatable bonds is 5. The zero-order chi connectivity index (χ0) is 16.4. The molecule has 2 N–H and O–H groups in total. The summed E-state index contributed by atoms with van der Waals surface area (Å²) >= 11 is 0. The lowest BCUT2D eigenvalue weighted by molar-refractivity contribution is -0.117. The molecular weight excluding hydrogens is 298 g/mol. The molecule has 0 unspecified atom stereocenters. The molecular formula is C13H17NO6S. The molecule has 1 amide bonds. The van der Waals surface area contributed by atoms with Crippen LogP contribution in [0.4, 0.5) is 5.69 Å². The molecule has 0 fully saturated rings. The minimum atomic E-state index is -3.60. The Labute approximate surface area is 122 Å². The van der Waals surface area contributed by atoms with Crippen LogP contribution in [0.15, 0.2) is 18.2 Å². The van der Waals surface area contributed by atoms with Gasteiger partial charge in [0.05, 0.1) is 7.11 Å². The Morgan fingerprint density at radius 3 is 2.29 bits per heavy atom. The lowest BCUT2D eigenvalue weighted by Gasteiger charge is -2.21.